The number of rotatable bonds is 20. The first-order chi connectivity index (χ1) is 30.4. The molecule has 0 bridgehead atoms. The number of nitrogen functional groups attached to an aromatic ring is 2. The monoisotopic (exact) mass is 879 g/mol. The number of aliphatic imine (C=N–C) groups is 2. The number of amides is 3. The number of hydrogen-bond donors (Lipinski definition) is 9. The van der Waals surface area contributed by atoms with Crippen molar-refractivity contribution in [3.63, 3.8) is 0 Å². The molecule has 3 amide bonds. The molecule has 0 saturated heterocycles. The molecular weight excluding hydrogens is 839 g/mol. The number of aliphatic carboxylic acids is 3. The molecule has 4 unspecified atom stereocenters. The van der Waals surface area contributed by atoms with Crippen molar-refractivity contribution < 1.29 is 44.1 Å². The number of H-pyrrole nitrogens is 2. The first-order valence-corrected chi connectivity index (χ1v) is 19.7. The Balaban J connectivity index is 1.28. The highest BCUT2D eigenvalue weighted by molar-refractivity contribution is 5.98. The van der Waals surface area contributed by atoms with Gasteiger partial charge in [-0.2, -0.15) is 9.97 Å². The molecule has 4 heterocycles. The average Bonchev–Trinajstić information content (AvgIpc) is 3.79. The maximum atomic E-state index is 13.8. The molecule has 0 saturated carbocycles. The molecule has 11 N–H and O–H groups in total. The summed E-state index contributed by atoms with van der Waals surface area (Å²) in [5.41, 5.74) is 10.2. The van der Waals surface area contributed by atoms with Gasteiger partial charge in [-0.15, -0.1) is 4.91 Å². The molecule has 2 aromatic carbocycles. The van der Waals surface area contributed by atoms with Crippen LogP contribution >= 0.6 is 0 Å². The highest BCUT2D eigenvalue weighted by atomic mass is 16.4. The van der Waals surface area contributed by atoms with Crippen molar-refractivity contribution in [1.29, 1.82) is 0 Å². The summed E-state index contributed by atoms with van der Waals surface area (Å²) in [4.78, 5) is 133. The second-order valence-corrected chi connectivity index (χ2v) is 15.4. The molecule has 64 heavy (non-hydrogen) atoms. The van der Waals surface area contributed by atoms with Crippen molar-refractivity contribution in [2.45, 2.75) is 80.7 Å². The minimum atomic E-state index is -1.44. The molecule has 0 spiro atoms. The van der Waals surface area contributed by atoms with Gasteiger partial charge in [0.1, 0.15) is 12.1 Å². The number of nitrogens with two attached hydrogens (primary N) is 2. The molecule has 2 aliphatic heterocycles. The number of carbonyl (C=O) groups excluding carboxylic acids is 3. The van der Waals surface area contributed by atoms with E-state index in [0.29, 0.717) is 11.1 Å². The van der Waals surface area contributed by atoms with Crippen LogP contribution in [0.1, 0.15) is 87.9 Å². The summed E-state index contributed by atoms with van der Waals surface area (Å²) in [7, 11) is 0. The van der Waals surface area contributed by atoms with E-state index in [1.54, 1.807) is 36.7 Å². The highest BCUT2D eigenvalue weighted by Gasteiger charge is 2.50. The van der Waals surface area contributed by atoms with E-state index in [4.69, 9.17) is 21.7 Å². The Kier molecular flexibility index (Phi) is 13.3. The fourth-order valence-electron chi connectivity index (χ4n) is 7.90. The van der Waals surface area contributed by atoms with E-state index in [2.05, 4.69) is 45.7 Å². The number of anilines is 2. The van der Waals surface area contributed by atoms with Gasteiger partial charge in [-0.1, -0.05) is 24.3 Å². The number of aromatic amines is 2. The van der Waals surface area contributed by atoms with Crippen molar-refractivity contribution in [2.24, 2.45) is 15.2 Å². The van der Waals surface area contributed by atoms with Gasteiger partial charge >= 0.3 is 23.8 Å². The Morgan fingerprint density at radius 1 is 0.656 bits per heavy atom. The molecule has 2 aromatic heterocycles. The Morgan fingerprint density at radius 2 is 1.06 bits per heavy atom. The summed E-state index contributed by atoms with van der Waals surface area (Å²) >= 11 is 0. The van der Waals surface area contributed by atoms with Gasteiger partial charge in [-0.05, 0) is 80.3 Å². The van der Waals surface area contributed by atoms with E-state index < -0.39 is 82.5 Å². The zero-order chi connectivity index (χ0) is 46.3. The van der Waals surface area contributed by atoms with Crippen LogP contribution in [0.3, 0.4) is 0 Å². The maximum absolute atomic E-state index is 13.8. The number of benzene rings is 2. The second-order valence-electron chi connectivity index (χ2n) is 15.4. The lowest BCUT2D eigenvalue weighted by Crippen LogP contribution is -2.44. The molecule has 0 fully saturated rings. The average molecular weight is 880 g/mol. The Morgan fingerprint density at radius 3 is 1.45 bits per heavy atom. The number of carboxylic acids is 3. The molecule has 2 aliphatic rings. The third-order valence-corrected chi connectivity index (χ3v) is 11.1. The van der Waals surface area contributed by atoms with Crippen molar-refractivity contribution in [3.05, 3.63) is 108 Å². The van der Waals surface area contributed by atoms with Crippen LogP contribution < -0.4 is 33.2 Å². The smallest absolute Gasteiger partial charge is 0.326 e. The molecule has 0 aliphatic carbocycles. The number of aryl methyl sites for hydroxylation is 2. The largest absolute Gasteiger partial charge is 0.481 e. The van der Waals surface area contributed by atoms with Crippen LogP contribution in [0.2, 0.25) is 0 Å². The number of carbonyl (C=O) groups is 6. The van der Waals surface area contributed by atoms with Crippen LogP contribution in [-0.4, -0.2) is 95.4 Å². The fraction of sp³-hybridized carbons (Fsp3) is 0.317. The topological polar surface area (TPSA) is 385 Å². The lowest BCUT2D eigenvalue weighted by Gasteiger charge is -2.37. The predicted octanol–water partition coefficient (Wildman–Crippen LogP) is 1.58. The van der Waals surface area contributed by atoms with Gasteiger partial charge in [-0.3, -0.25) is 43.5 Å². The number of aromatic nitrogens is 4. The lowest BCUT2D eigenvalue weighted by atomic mass is 9.63. The van der Waals surface area contributed by atoms with Gasteiger partial charge in [0.2, 0.25) is 11.9 Å². The van der Waals surface area contributed by atoms with E-state index in [1.807, 2.05) is 0 Å². The Labute approximate surface area is 360 Å². The lowest BCUT2D eigenvalue weighted by molar-refractivity contribution is -0.141. The first-order valence-electron chi connectivity index (χ1n) is 19.7. The fourth-order valence-corrected chi connectivity index (χ4v) is 7.90. The van der Waals surface area contributed by atoms with E-state index in [9.17, 15) is 48.4 Å². The minimum Gasteiger partial charge on any atom is -0.481 e. The number of hydrogen-bond acceptors (Lipinski definition) is 15. The zero-order valence-corrected chi connectivity index (χ0v) is 33.7. The summed E-state index contributed by atoms with van der Waals surface area (Å²) in [6, 6.07) is 9.57. The summed E-state index contributed by atoms with van der Waals surface area (Å²) in [6.45, 7) is 0. The molecule has 4 aromatic rings. The van der Waals surface area contributed by atoms with Crippen molar-refractivity contribution in [1.82, 2.24) is 30.6 Å². The molecule has 23 heteroatoms. The summed E-state index contributed by atoms with van der Waals surface area (Å²) in [5.74, 6) is -6.73. The standard InChI is InChI=1S/C41H41N11O12/c42-38-48-30-28(35(60)50-38)40(18-44-30,15-13-20-1-5-22(6-2-20)32(57)46-24(34(59)52-64)9-11-26(53)54)17-41(19-45-31-29(41)36(61)51-39(43)49-31)16-14-21-3-7-23(8-4-21)33(58)47-25(37(62)63)10-12-27(55)56/h1-8,18-19,24-25H,9-17H2,(H,46,57)(H,47,58)(H,53,54)(H,55,56)(H,62,63)(H3,42,48,50,60)(H3,43,49,51,61). The number of fused-ring (bicyclic) bond motifs is 2. The van der Waals surface area contributed by atoms with Gasteiger partial charge in [0.05, 0.1) is 11.1 Å². The molecule has 0 radical (unpaired) electrons. The van der Waals surface area contributed by atoms with Crippen molar-refractivity contribution in [2.75, 3.05) is 11.5 Å². The van der Waals surface area contributed by atoms with Crippen LogP contribution in [0.4, 0.5) is 23.5 Å². The molecule has 4 atom stereocenters. The summed E-state index contributed by atoms with van der Waals surface area (Å²) in [5, 5.41) is 34.5. The highest BCUT2D eigenvalue weighted by Crippen LogP contribution is 2.49. The summed E-state index contributed by atoms with van der Waals surface area (Å²) in [6.07, 6.45) is 2.51. The number of nitroso groups, excluding NO2 is 1. The van der Waals surface area contributed by atoms with Crippen molar-refractivity contribution in [3.8, 4) is 0 Å². The van der Waals surface area contributed by atoms with Crippen LogP contribution in [0, 0.1) is 4.91 Å². The van der Waals surface area contributed by atoms with Gasteiger partial charge in [0, 0.05) is 52.4 Å². The van der Waals surface area contributed by atoms with E-state index in [0.717, 1.165) is 0 Å². The number of nitrogens with one attached hydrogen (secondary N) is 4. The van der Waals surface area contributed by atoms with Gasteiger partial charge in [0.15, 0.2) is 11.6 Å². The molecule has 23 nitrogen and oxygen atoms in total. The predicted molar refractivity (Wildman–Crippen MR) is 227 cm³/mol. The third kappa shape index (κ3) is 10.1. The number of nitrogens with zero attached hydrogens (tertiary/aromatic N) is 5. The molecular formula is C41H41N11O12. The van der Waals surface area contributed by atoms with E-state index >= 15 is 0 Å². The first kappa shape index (κ1) is 45.3. The Bertz CT molecular complexity index is 2710. The van der Waals surface area contributed by atoms with Gasteiger partial charge in [0.25, 0.3) is 22.9 Å². The summed E-state index contributed by atoms with van der Waals surface area (Å²) < 4.78 is 0. The van der Waals surface area contributed by atoms with E-state index in [1.165, 1.54) is 24.3 Å². The van der Waals surface area contributed by atoms with Crippen LogP contribution in [-0.2, 0) is 42.8 Å². The maximum Gasteiger partial charge on any atom is 0.326 e. The number of carboxylic acid groups (broad SMARTS) is 3. The SMILES string of the molecule is Nc1nc2c(c(=O)[nH]1)C(CCc1ccc(C(=O)NC(CCC(=O)O)C(=O)O)cc1)(CC1(CCc3ccc(C(=O)NC(CCC(=O)O)C(=O)N=O)cc3)C=Nc3nc(N)[nH]c(=O)c31)C=N2. The van der Waals surface area contributed by atoms with E-state index in [-0.39, 0.29) is 90.7 Å². The second kappa shape index (κ2) is 18.8. The van der Waals surface area contributed by atoms with Crippen LogP contribution in [0.5, 0.6) is 0 Å². The third-order valence-electron chi connectivity index (χ3n) is 11.1. The van der Waals surface area contributed by atoms with Crippen LogP contribution in [0.15, 0.2) is 73.3 Å². The van der Waals surface area contributed by atoms with Crippen LogP contribution in [0.25, 0.3) is 0 Å². The normalized spacial score (nSPS) is 17.8. The van der Waals surface area contributed by atoms with Gasteiger partial charge in [-0.25, -0.2) is 14.8 Å². The van der Waals surface area contributed by atoms with Crippen molar-refractivity contribution >= 4 is 71.6 Å². The van der Waals surface area contributed by atoms with Gasteiger partial charge < -0.3 is 37.4 Å². The molecule has 332 valence electrons. The molecule has 6 rings (SSSR count). The quantitative estimate of drug-likeness (QED) is 0.0569. The Hall–Kier alpha value is -8.24. The minimum absolute atomic E-state index is 0.0286. The zero-order valence-electron chi connectivity index (χ0n) is 33.7.